The van der Waals surface area contributed by atoms with Gasteiger partial charge in [-0.3, -0.25) is 9.69 Å². The van der Waals surface area contributed by atoms with Gasteiger partial charge in [0.2, 0.25) is 0 Å². The predicted octanol–water partition coefficient (Wildman–Crippen LogP) is 6.42. The summed E-state index contributed by atoms with van der Waals surface area (Å²) < 4.78 is 13.8. The monoisotopic (exact) mass is 525 g/mol. The molecular formula is C29H36ClN3O4. The first kappa shape index (κ1) is 27.0. The fraction of sp³-hybridized carbons (Fsp3) is 0.448. The van der Waals surface area contributed by atoms with Crippen LogP contribution >= 0.6 is 11.6 Å². The Labute approximate surface area is 224 Å². The molecular weight excluding hydrogens is 490 g/mol. The summed E-state index contributed by atoms with van der Waals surface area (Å²) in [5, 5.41) is 9.52. The minimum atomic E-state index is -0.742. The van der Waals surface area contributed by atoms with Crippen molar-refractivity contribution in [1.82, 2.24) is 14.5 Å². The van der Waals surface area contributed by atoms with Crippen molar-refractivity contribution < 1.29 is 19.4 Å². The van der Waals surface area contributed by atoms with Crippen LogP contribution in [-0.2, 0) is 24.4 Å². The maximum atomic E-state index is 10.9. The average molecular weight is 526 g/mol. The molecule has 0 saturated heterocycles. The zero-order valence-electron chi connectivity index (χ0n) is 21.5. The van der Waals surface area contributed by atoms with E-state index in [1.165, 1.54) is 0 Å². The number of carboxylic acid groups (broad SMARTS) is 1. The van der Waals surface area contributed by atoms with Crippen LogP contribution in [0.3, 0.4) is 0 Å². The summed E-state index contributed by atoms with van der Waals surface area (Å²) in [6.07, 6.45) is 4.77. The number of hydrogen-bond donors (Lipinski definition) is 1. The second kappa shape index (κ2) is 13.5. The Morgan fingerprint density at radius 2 is 1.81 bits per heavy atom. The van der Waals surface area contributed by atoms with Gasteiger partial charge in [0.1, 0.15) is 19.0 Å². The Balaban J connectivity index is 1.57. The van der Waals surface area contributed by atoms with Crippen molar-refractivity contribution in [3.63, 3.8) is 0 Å². The van der Waals surface area contributed by atoms with Crippen LogP contribution in [0.2, 0.25) is 5.15 Å². The van der Waals surface area contributed by atoms with Crippen LogP contribution in [0.15, 0.2) is 48.5 Å². The molecule has 1 aromatic heterocycles. The van der Waals surface area contributed by atoms with Crippen molar-refractivity contribution in [2.24, 2.45) is 0 Å². The van der Waals surface area contributed by atoms with E-state index in [9.17, 15) is 4.79 Å². The number of hydrogen-bond acceptors (Lipinski definition) is 5. The van der Waals surface area contributed by atoms with E-state index in [1.807, 2.05) is 24.3 Å². The van der Waals surface area contributed by atoms with Gasteiger partial charge in [-0.2, -0.15) is 0 Å². The molecule has 1 aliphatic heterocycles. The minimum Gasteiger partial charge on any atom is -0.486 e. The van der Waals surface area contributed by atoms with Gasteiger partial charge in [-0.25, -0.2) is 4.98 Å². The SMILES string of the molecule is CCCCn1c(-c2ccccc2)nc(Cl)c1CN(CCCCCC(=O)O)Cc1ccc2c(c1)OCCO2. The molecule has 2 aromatic carbocycles. The van der Waals surface area contributed by atoms with Crippen LogP contribution in [0.25, 0.3) is 11.4 Å². The fourth-order valence-corrected chi connectivity index (χ4v) is 4.87. The zero-order chi connectivity index (χ0) is 26.0. The van der Waals surface area contributed by atoms with E-state index >= 15 is 0 Å². The van der Waals surface area contributed by atoms with E-state index < -0.39 is 5.97 Å². The van der Waals surface area contributed by atoms with Gasteiger partial charge < -0.3 is 19.1 Å². The highest BCUT2D eigenvalue weighted by molar-refractivity contribution is 6.30. The first-order chi connectivity index (χ1) is 18.0. The molecule has 37 heavy (non-hydrogen) atoms. The molecule has 198 valence electrons. The highest BCUT2D eigenvalue weighted by Crippen LogP contribution is 2.32. The van der Waals surface area contributed by atoms with Crippen molar-refractivity contribution in [1.29, 1.82) is 0 Å². The molecule has 8 heteroatoms. The van der Waals surface area contributed by atoms with Gasteiger partial charge in [-0.05, 0) is 43.5 Å². The average Bonchev–Trinajstić information content (AvgIpc) is 3.22. The second-order valence-electron chi connectivity index (χ2n) is 9.44. The molecule has 0 spiro atoms. The lowest BCUT2D eigenvalue weighted by molar-refractivity contribution is -0.137. The number of imidazole rings is 1. The second-order valence-corrected chi connectivity index (χ2v) is 9.80. The lowest BCUT2D eigenvalue weighted by atomic mass is 10.1. The van der Waals surface area contributed by atoms with Gasteiger partial charge in [0.25, 0.3) is 0 Å². The van der Waals surface area contributed by atoms with E-state index in [4.69, 9.17) is 31.2 Å². The lowest BCUT2D eigenvalue weighted by Gasteiger charge is -2.25. The number of carbonyl (C=O) groups is 1. The van der Waals surface area contributed by atoms with Crippen molar-refractivity contribution in [2.75, 3.05) is 19.8 Å². The predicted molar refractivity (Wildman–Crippen MR) is 145 cm³/mol. The topological polar surface area (TPSA) is 76.8 Å². The number of carboxylic acids is 1. The van der Waals surface area contributed by atoms with Crippen LogP contribution in [-0.4, -0.2) is 45.3 Å². The first-order valence-corrected chi connectivity index (χ1v) is 13.6. The van der Waals surface area contributed by atoms with Crippen LogP contribution < -0.4 is 9.47 Å². The molecule has 4 rings (SSSR count). The number of unbranched alkanes of at least 4 members (excludes halogenated alkanes) is 3. The number of aromatic nitrogens is 2. The number of benzene rings is 2. The standard InChI is InChI=1S/C29H36ClN3O4/c1-2-3-16-33-24(28(30)31-29(33)23-10-6-4-7-11-23)21-32(15-9-5-8-12-27(34)35)20-22-13-14-25-26(19-22)37-18-17-36-25/h4,6-7,10-11,13-14,19H,2-3,5,8-9,12,15-18,20-21H2,1H3,(H,34,35). The molecule has 0 unspecified atom stereocenters. The van der Waals surface area contributed by atoms with Crippen molar-refractivity contribution in [3.8, 4) is 22.9 Å². The Morgan fingerprint density at radius 3 is 2.57 bits per heavy atom. The smallest absolute Gasteiger partial charge is 0.303 e. The third kappa shape index (κ3) is 7.49. The molecule has 0 atom stereocenters. The Kier molecular flexibility index (Phi) is 9.85. The van der Waals surface area contributed by atoms with Crippen LogP contribution in [0.1, 0.15) is 56.7 Å². The van der Waals surface area contributed by atoms with E-state index in [2.05, 4.69) is 40.7 Å². The Morgan fingerprint density at radius 1 is 1.03 bits per heavy atom. The summed E-state index contributed by atoms with van der Waals surface area (Å²) in [7, 11) is 0. The van der Waals surface area contributed by atoms with Gasteiger partial charge in [-0.15, -0.1) is 0 Å². The molecule has 0 amide bonds. The Bertz CT molecular complexity index is 1170. The zero-order valence-corrected chi connectivity index (χ0v) is 22.3. The summed E-state index contributed by atoms with van der Waals surface area (Å²) in [6.45, 7) is 6.35. The number of rotatable bonds is 14. The Hall–Kier alpha value is -3.03. The lowest BCUT2D eigenvalue weighted by Crippen LogP contribution is -2.26. The van der Waals surface area contributed by atoms with Crippen molar-refractivity contribution in [3.05, 3.63) is 64.9 Å². The summed E-state index contributed by atoms with van der Waals surface area (Å²) in [5.74, 6) is 1.72. The van der Waals surface area contributed by atoms with Gasteiger partial charge in [0.15, 0.2) is 16.7 Å². The van der Waals surface area contributed by atoms with E-state index in [0.717, 1.165) is 72.9 Å². The minimum absolute atomic E-state index is 0.207. The van der Waals surface area contributed by atoms with Crippen molar-refractivity contribution in [2.45, 2.75) is 65.1 Å². The molecule has 0 saturated carbocycles. The molecule has 1 N–H and O–H groups in total. The molecule has 0 aliphatic carbocycles. The summed E-state index contributed by atoms with van der Waals surface area (Å²) in [4.78, 5) is 18.1. The third-order valence-electron chi connectivity index (χ3n) is 6.54. The highest BCUT2D eigenvalue weighted by Gasteiger charge is 2.20. The summed E-state index contributed by atoms with van der Waals surface area (Å²) in [5.41, 5.74) is 3.20. The third-order valence-corrected chi connectivity index (χ3v) is 6.84. The molecule has 1 aliphatic rings. The quantitative estimate of drug-likeness (QED) is 0.245. The van der Waals surface area contributed by atoms with Gasteiger partial charge in [-0.1, -0.05) is 67.8 Å². The molecule has 0 bridgehead atoms. The molecule has 3 aromatic rings. The number of ether oxygens (including phenoxy) is 2. The largest absolute Gasteiger partial charge is 0.486 e. The van der Waals surface area contributed by atoms with Crippen LogP contribution in [0.4, 0.5) is 0 Å². The normalized spacial score (nSPS) is 12.7. The summed E-state index contributed by atoms with van der Waals surface area (Å²) in [6, 6.07) is 16.3. The highest BCUT2D eigenvalue weighted by atomic mass is 35.5. The van der Waals surface area contributed by atoms with Gasteiger partial charge >= 0.3 is 5.97 Å². The van der Waals surface area contributed by atoms with Crippen molar-refractivity contribution >= 4 is 17.6 Å². The van der Waals surface area contributed by atoms with Gasteiger partial charge in [0.05, 0.1) is 5.69 Å². The maximum Gasteiger partial charge on any atom is 0.303 e. The number of halogens is 1. The molecule has 7 nitrogen and oxygen atoms in total. The van der Waals surface area contributed by atoms with Crippen LogP contribution in [0, 0.1) is 0 Å². The summed E-state index contributed by atoms with van der Waals surface area (Å²) >= 11 is 6.78. The van der Waals surface area contributed by atoms with Gasteiger partial charge in [0, 0.05) is 31.6 Å². The first-order valence-electron chi connectivity index (χ1n) is 13.2. The van der Waals surface area contributed by atoms with E-state index in [1.54, 1.807) is 0 Å². The van der Waals surface area contributed by atoms with E-state index in [-0.39, 0.29) is 6.42 Å². The van der Waals surface area contributed by atoms with E-state index in [0.29, 0.717) is 37.9 Å². The fourth-order valence-electron chi connectivity index (χ4n) is 4.63. The number of aliphatic carboxylic acids is 1. The maximum absolute atomic E-state index is 10.9. The number of fused-ring (bicyclic) bond motifs is 1. The molecule has 0 radical (unpaired) electrons. The molecule has 2 heterocycles. The molecule has 0 fully saturated rings. The number of nitrogens with zero attached hydrogens (tertiary/aromatic N) is 3. The van der Waals surface area contributed by atoms with Crippen LogP contribution in [0.5, 0.6) is 11.5 Å².